The molecule has 0 spiro atoms. The summed E-state index contributed by atoms with van der Waals surface area (Å²) in [7, 11) is 0. The van der Waals surface area contributed by atoms with E-state index in [0.717, 1.165) is 0 Å². The average molecular weight is 395 g/mol. The molecule has 1 heterocycles. The Balaban J connectivity index is 2.90. The van der Waals surface area contributed by atoms with Crippen molar-refractivity contribution in [2.75, 3.05) is 13.2 Å². The van der Waals surface area contributed by atoms with Crippen LogP contribution in [-0.2, 0) is 15.7 Å². The van der Waals surface area contributed by atoms with Crippen molar-refractivity contribution in [1.82, 2.24) is 4.98 Å². The number of carbonyl (C=O) groups excluding carboxylic acids is 2. The van der Waals surface area contributed by atoms with E-state index in [1.54, 1.807) is 0 Å². The molecular weight excluding hydrogens is 377 g/mol. The molecule has 0 atom stereocenters. The van der Waals surface area contributed by atoms with Gasteiger partial charge in [0.25, 0.3) is 6.43 Å². The Morgan fingerprint density at radius 2 is 1.59 bits per heavy atom. The first kappa shape index (κ1) is 21.0. The molecule has 0 aromatic carbocycles. The molecule has 1 saturated carbocycles. The molecule has 1 aromatic heterocycles. The van der Waals surface area contributed by atoms with Crippen LogP contribution < -0.4 is 0 Å². The maximum atomic E-state index is 13.5. The van der Waals surface area contributed by atoms with Gasteiger partial charge in [-0.2, -0.15) is 13.2 Å². The topological polar surface area (TPSA) is 65.5 Å². The van der Waals surface area contributed by atoms with Crippen LogP contribution in [0.25, 0.3) is 0 Å². The molecule has 0 amide bonds. The summed E-state index contributed by atoms with van der Waals surface area (Å²) in [5.41, 5.74) is -5.27. The number of ether oxygens (including phenoxy) is 2. The Kier molecular flexibility index (Phi) is 6.38. The van der Waals surface area contributed by atoms with Gasteiger partial charge in [-0.25, -0.2) is 23.4 Å². The number of alkyl halides is 5. The Bertz CT molecular complexity index is 729. The van der Waals surface area contributed by atoms with E-state index in [1.165, 1.54) is 13.8 Å². The van der Waals surface area contributed by atoms with E-state index in [4.69, 9.17) is 9.47 Å². The first-order chi connectivity index (χ1) is 12.6. The van der Waals surface area contributed by atoms with Gasteiger partial charge in [-0.1, -0.05) is 6.42 Å². The molecule has 27 heavy (non-hydrogen) atoms. The van der Waals surface area contributed by atoms with E-state index >= 15 is 0 Å². The average Bonchev–Trinajstić information content (AvgIpc) is 2.51. The molecule has 1 aliphatic rings. The normalized spacial score (nSPS) is 14.8. The summed E-state index contributed by atoms with van der Waals surface area (Å²) in [5, 5.41) is 0. The van der Waals surface area contributed by atoms with Crippen molar-refractivity contribution in [3.63, 3.8) is 0 Å². The molecule has 0 saturated heterocycles. The van der Waals surface area contributed by atoms with Gasteiger partial charge in [0.05, 0.1) is 24.3 Å². The quantitative estimate of drug-likeness (QED) is 0.518. The predicted molar refractivity (Wildman–Crippen MR) is 82.7 cm³/mol. The molecule has 0 N–H and O–H groups in total. The summed E-state index contributed by atoms with van der Waals surface area (Å²) in [5.74, 6) is -3.25. The molecule has 0 unspecified atom stereocenters. The molecule has 10 heteroatoms. The summed E-state index contributed by atoms with van der Waals surface area (Å²) >= 11 is 0. The van der Waals surface area contributed by atoms with Crippen LogP contribution in [0.4, 0.5) is 22.0 Å². The van der Waals surface area contributed by atoms with Crippen molar-refractivity contribution in [2.45, 2.75) is 51.6 Å². The number of halogens is 5. The number of hydrogen-bond acceptors (Lipinski definition) is 5. The van der Waals surface area contributed by atoms with Gasteiger partial charge in [0.2, 0.25) is 0 Å². The molecule has 5 nitrogen and oxygen atoms in total. The summed E-state index contributed by atoms with van der Waals surface area (Å²) in [6.45, 7) is 2.40. The van der Waals surface area contributed by atoms with Crippen molar-refractivity contribution < 1.29 is 41.0 Å². The van der Waals surface area contributed by atoms with Crippen LogP contribution in [-0.4, -0.2) is 30.1 Å². The maximum Gasteiger partial charge on any atom is 0.434 e. The van der Waals surface area contributed by atoms with Crippen LogP contribution in [0.1, 0.15) is 83.1 Å². The fourth-order valence-corrected chi connectivity index (χ4v) is 2.92. The lowest BCUT2D eigenvalue weighted by Crippen LogP contribution is -2.28. The molecule has 1 aromatic rings. The number of rotatable bonds is 6. The van der Waals surface area contributed by atoms with Gasteiger partial charge in [0.1, 0.15) is 5.69 Å². The smallest absolute Gasteiger partial charge is 0.434 e. The highest BCUT2D eigenvalue weighted by molar-refractivity contribution is 6.00. The Morgan fingerprint density at radius 3 is 1.96 bits per heavy atom. The highest BCUT2D eigenvalue weighted by Crippen LogP contribution is 2.45. The largest absolute Gasteiger partial charge is 0.462 e. The molecule has 0 radical (unpaired) electrons. The Morgan fingerprint density at radius 1 is 1.07 bits per heavy atom. The van der Waals surface area contributed by atoms with Crippen LogP contribution in [0.2, 0.25) is 0 Å². The fraction of sp³-hybridized carbons (Fsp3) is 0.588. The molecule has 0 aliphatic heterocycles. The minimum Gasteiger partial charge on any atom is -0.462 e. The van der Waals surface area contributed by atoms with Gasteiger partial charge < -0.3 is 9.47 Å². The summed E-state index contributed by atoms with van der Waals surface area (Å²) < 4.78 is 77.0. The lowest BCUT2D eigenvalue weighted by Gasteiger charge is -2.31. The second kappa shape index (κ2) is 8.18. The second-order valence-corrected chi connectivity index (χ2v) is 5.88. The number of nitrogens with zero attached hydrogens (tertiary/aromatic N) is 1. The molecule has 1 aliphatic carbocycles. The van der Waals surface area contributed by atoms with Crippen molar-refractivity contribution in [3.05, 3.63) is 28.1 Å². The van der Waals surface area contributed by atoms with Crippen molar-refractivity contribution in [3.8, 4) is 0 Å². The van der Waals surface area contributed by atoms with Gasteiger partial charge in [-0.3, -0.25) is 0 Å². The summed E-state index contributed by atoms with van der Waals surface area (Å²) in [6, 6.07) is 0. The number of carbonyl (C=O) groups is 2. The van der Waals surface area contributed by atoms with E-state index in [0.29, 0.717) is 19.3 Å². The van der Waals surface area contributed by atoms with Crippen LogP contribution in [0.15, 0.2) is 0 Å². The van der Waals surface area contributed by atoms with Gasteiger partial charge in [0, 0.05) is 0 Å². The van der Waals surface area contributed by atoms with E-state index in [2.05, 4.69) is 4.98 Å². The minimum atomic E-state index is -5.18. The van der Waals surface area contributed by atoms with Gasteiger partial charge >= 0.3 is 18.1 Å². The van der Waals surface area contributed by atoms with Crippen molar-refractivity contribution in [1.29, 1.82) is 0 Å². The third-order valence-electron chi connectivity index (χ3n) is 4.21. The third-order valence-corrected chi connectivity index (χ3v) is 4.21. The van der Waals surface area contributed by atoms with Crippen LogP contribution in [0, 0.1) is 0 Å². The predicted octanol–water partition coefficient (Wildman–Crippen LogP) is 4.66. The molecular formula is C17H18F5NO4. The minimum absolute atomic E-state index is 0.179. The van der Waals surface area contributed by atoms with E-state index in [1.807, 2.05) is 0 Å². The van der Waals surface area contributed by atoms with Crippen LogP contribution in [0.5, 0.6) is 0 Å². The zero-order chi connectivity index (χ0) is 20.4. The van der Waals surface area contributed by atoms with Crippen molar-refractivity contribution in [2.24, 2.45) is 0 Å². The second-order valence-electron chi connectivity index (χ2n) is 5.88. The van der Waals surface area contributed by atoms with Crippen molar-refractivity contribution >= 4 is 11.9 Å². The van der Waals surface area contributed by atoms with Gasteiger partial charge in [0.15, 0.2) is 5.69 Å². The zero-order valence-electron chi connectivity index (χ0n) is 14.7. The number of aromatic nitrogens is 1. The Labute approximate surface area is 151 Å². The fourth-order valence-electron chi connectivity index (χ4n) is 2.92. The Hall–Kier alpha value is -2.26. The van der Waals surface area contributed by atoms with Gasteiger partial charge in [-0.05, 0) is 38.2 Å². The monoisotopic (exact) mass is 395 g/mol. The maximum absolute atomic E-state index is 13.5. The standard InChI is InChI=1S/C17H18F5NO4/c1-3-26-15(24)10-9(8-6-5-7-8)11(16(25)27-4-2)13(17(20,21)22)23-12(10)14(18)19/h8,14H,3-7H2,1-2H3. The number of hydrogen-bond donors (Lipinski definition) is 0. The SMILES string of the molecule is CCOC(=O)c1c(C(F)F)nc(C(F)(F)F)c(C(=O)OCC)c1C1CCC1. The molecule has 150 valence electrons. The molecule has 1 fully saturated rings. The number of esters is 2. The first-order valence-corrected chi connectivity index (χ1v) is 8.40. The van der Waals surface area contributed by atoms with E-state index < -0.39 is 58.5 Å². The first-order valence-electron chi connectivity index (χ1n) is 8.40. The summed E-state index contributed by atoms with van der Waals surface area (Å²) in [4.78, 5) is 27.6. The van der Waals surface area contributed by atoms with Gasteiger partial charge in [-0.15, -0.1) is 0 Å². The highest BCUT2D eigenvalue weighted by Gasteiger charge is 2.45. The van der Waals surface area contributed by atoms with E-state index in [-0.39, 0.29) is 13.2 Å². The lowest BCUT2D eigenvalue weighted by atomic mass is 9.75. The van der Waals surface area contributed by atoms with Crippen LogP contribution >= 0.6 is 0 Å². The molecule has 0 bridgehead atoms. The highest BCUT2D eigenvalue weighted by atomic mass is 19.4. The summed E-state index contributed by atoms with van der Waals surface area (Å²) in [6.07, 6.45) is -7.31. The van der Waals surface area contributed by atoms with Crippen LogP contribution in [0.3, 0.4) is 0 Å². The lowest BCUT2D eigenvalue weighted by molar-refractivity contribution is -0.142. The van der Waals surface area contributed by atoms with E-state index in [9.17, 15) is 31.5 Å². The number of pyridine rings is 1. The molecule has 2 rings (SSSR count). The third kappa shape index (κ3) is 4.19. The zero-order valence-corrected chi connectivity index (χ0v) is 14.7.